The molecule has 3 aromatic rings. The van der Waals surface area contributed by atoms with Crippen molar-refractivity contribution < 1.29 is 13.9 Å². The van der Waals surface area contributed by atoms with Crippen LogP contribution in [-0.4, -0.2) is 47.4 Å². The fraction of sp³-hybridized carbons (Fsp3) is 0.222. The van der Waals surface area contributed by atoms with Gasteiger partial charge >= 0.3 is 6.03 Å². The van der Waals surface area contributed by atoms with E-state index in [1.165, 1.54) is 12.1 Å². The molecule has 6 nitrogen and oxygen atoms in total. The van der Waals surface area contributed by atoms with Crippen molar-refractivity contribution in [1.82, 2.24) is 15.1 Å². The molecule has 0 bridgehead atoms. The van der Waals surface area contributed by atoms with E-state index in [2.05, 4.69) is 15.5 Å². The summed E-state index contributed by atoms with van der Waals surface area (Å²) in [4.78, 5) is 14.0. The molecular weight excluding hydrogens is 323 g/mol. The van der Waals surface area contributed by atoms with Gasteiger partial charge in [0.2, 0.25) is 0 Å². The molecular formula is C18H17FN4O2. The highest BCUT2D eigenvalue weighted by Crippen LogP contribution is 2.29. The monoisotopic (exact) mass is 340 g/mol. The van der Waals surface area contributed by atoms with Crippen LogP contribution in [0.2, 0.25) is 0 Å². The Morgan fingerprint density at radius 3 is 2.84 bits per heavy atom. The summed E-state index contributed by atoms with van der Waals surface area (Å²) in [6.07, 6.45) is 0. The van der Waals surface area contributed by atoms with Crippen LogP contribution in [-0.2, 0) is 4.74 Å². The number of anilines is 1. The normalized spacial score (nSPS) is 14.7. The van der Waals surface area contributed by atoms with Gasteiger partial charge in [-0.2, -0.15) is 5.10 Å². The summed E-state index contributed by atoms with van der Waals surface area (Å²) in [6.45, 7) is 2.26. The SMILES string of the molecule is O=C(Nc1ccc2[nH]nc(-c3cccc(F)c3)c2c1)N1CCOCC1. The number of nitrogens with one attached hydrogen (secondary N) is 2. The summed E-state index contributed by atoms with van der Waals surface area (Å²) >= 11 is 0. The highest BCUT2D eigenvalue weighted by Gasteiger charge is 2.17. The number of benzene rings is 2. The van der Waals surface area contributed by atoms with Crippen LogP contribution in [0.4, 0.5) is 14.9 Å². The predicted octanol–water partition coefficient (Wildman–Crippen LogP) is 3.23. The lowest BCUT2D eigenvalue weighted by atomic mass is 10.1. The quantitative estimate of drug-likeness (QED) is 0.752. The summed E-state index contributed by atoms with van der Waals surface area (Å²) in [6, 6.07) is 11.6. The first-order valence-corrected chi connectivity index (χ1v) is 8.08. The van der Waals surface area contributed by atoms with Gasteiger partial charge in [-0.05, 0) is 30.3 Å². The smallest absolute Gasteiger partial charge is 0.321 e. The Morgan fingerprint density at radius 1 is 1.20 bits per heavy atom. The molecule has 2 N–H and O–H groups in total. The molecule has 25 heavy (non-hydrogen) atoms. The number of ether oxygens (including phenoxy) is 1. The van der Waals surface area contributed by atoms with Gasteiger partial charge < -0.3 is 15.0 Å². The van der Waals surface area contributed by atoms with Crippen LogP contribution in [0.5, 0.6) is 0 Å². The Kier molecular flexibility index (Phi) is 4.07. The van der Waals surface area contributed by atoms with Gasteiger partial charge in [-0.25, -0.2) is 9.18 Å². The third-order valence-corrected chi connectivity index (χ3v) is 4.21. The Morgan fingerprint density at radius 2 is 2.04 bits per heavy atom. The number of amides is 2. The van der Waals surface area contributed by atoms with Crippen LogP contribution in [0.25, 0.3) is 22.2 Å². The average molecular weight is 340 g/mol. The lowest BCUT2D eigenvalue weighted by Gasteiger charge is -2.26. The first kappa shape index (κ1) is 15.6. The van der Waals surface area contributed by atoms with Crippen molar-refractivity contribution in [2.45, 2.75) is 0 Å². The number of fused-ring (bicyclic) bond motifs is 1. The Hall–Kier alpha value is -2.93. The summed E-state index contributed by atoms with van der Waals surface area (Å²) < 4.78 is 18.8. The number of rotatable bonds is 2. The maximum Gasteiger partial charge on any atom is 0.321 e. The molecule has 2 aromatic carbocycles. The fourth-order valence-corrected chi connectivity index (χ4v) is 2.92. The van der Waals surface area contributed by atoms with Gasteiger partial charge in [0, 0.05) is 29.7 Å². The highest BCUT2D eigenvalue weighted by atomic mass is 19.1. The van der Waals surface area contributed by atoms with Gasteiger partial charge in [-0.15, -0.1) is 0 Å². The van der Waals surface area contributed by atoms with E-state index >= 15 is 0 Å². The van der Waals surface area contributed by atoms with Crippen molar-refractivity contribution in [2.24, 2.45) is 0 Å². The van der Waals surface area contributed by atoms with Gasteiger partial charge in [-0.3, -0.25) is 5.10 Å². The highest BCUT2D eigenvalue weighted by molar-refractivity contribution is 5.98. The molecule has 1 aliphatic rings. The minimum Gasteiger partial charge on any atom is -0.378 e. The van der Waals surface area contributed by atoms with Crippen LogP contribution >= 0.6 is 0 Å². The first-order valence-electron chi connectivity index (χ1n) is 8.08. The van der Waals surface area contributed by atoms with E-state index < -0.39 is 0 Å². The van der Waals surface area contributed by atoms with Gasteiger partial charge in [0.25, 0.3) is 0 Å². The van der Waals surface area contributed by atoms with E-state index in [1.807, 2.05) is 18.2 Å². The number of H-pyrrole nitrogens is 1. The second-order valence-electron chi connectivity index (χ2n) is 5.87. The topological polar surface area (TPSA) is 70.2 Å². The molecule has 1 saturated heterocycles. The summed E-state index contributed by atoms with van der Waals surface area (Å²) in [5.74, 6) is -0.314. The summed E-state index contributed by atoms with van der Waals surface area (Å²) in [5, 5.41) is 10.9. The molecule has 2 amide bonds. The Labute approximate surface area is 143 Å². The minimum absolute atomic E-state index is 0.154. The number of halogens is 1. The summed E-state index contributed by atoms with van der Waals surface area (Å²) in [5.41, 5.74) is 2.83. The van der Waals surface area contributed by atoms with Gasteiger partial charge in [0.05, 0.1) is 18.7 Å². The number of urea groups is 1. The van der Waals surface area contributed by atoms with E-state index in [-0.39, 0.29) is 11.8 Å². The van der Waals surface area contributed by atoms with Crippen molar-refractivity contribution in [2.75, 3.05) is 31.6 Å². The van der Waals surface area contributed by atoms with E-state index in [4.69, 9.17) is 4.74 Å². The Balaban J connectivity index is 1.63. The largest absolute Gasteiger partial charge is 0.378 e. The van der Waals surface area contributed by atoms with Gasteiger partial charge in [0.1, 0.15) is 11.5 Å². The molecule has 128 valence electrons. The third-order valence-electron chi connectivity index (χ3n) is 4.21. The van der Waals surface area contributed by atoms with Crippen LogP contribution < -0.4 is 5.32 Å². The van der Waals surface area contributed by atoms with Crippen molar-refractivity contribution in [3.8, 4) is 11.3 Å². The lowest BCUT2D eigenvalue weighted by Crippen LogP contribution is -2.43. The van der Waals surface area contributed by atoms with Crippen molar-refractivity contribution in [1.29, 1.82) is 0 Å². The third kappa shape index (κ3) is 3.18. The minimum atomic E-state index is -0.314. The zero-order chi connectivity index (χ0) is 17.2. The molecule has 1 aromatic heterocycles. The molecule has 1 aliphatic heterocycles. The van der Waals surface area contributed by atoms with Crippen molar-refractivity contribution in [3.05, 3.63) is 48.3 Å². The molecule has 0 saturated carbocycles. The average Bonchev–Trinajstić information content (AvgIpc) is 3.06. The van der Waals surface area contributed by atoms with E-state index in [0.29, 0.717) is 43.2 Å². The second-order valence-corrected chi connectivity index (χ2v) is 5.87. The number of nitrogens with zero attached hydrogens (tertiary/aromatic N) is 2. The molecule has 0 spiro atoms. The maximum atomic E-state index is 13.5. The second kappa shape index (κ2) is 6.52. The molecule has 0 unspecified atom stereocenters. The van der Waals surface area contributed by atoms with Crippen LogP contribution in [0.1, 0.15) is 0 Å². The molecule has 1 fully saturated rings. The number of carbonyl (C=O) groups is 1. The van der Waals surface area contributed by atoms with Crippen LogP contribution in [0.15, 0.2) is 42.5 Å². The van der Waals surface area contributed by atoms with Crippen molar-refractivity contribution >= 4 is 22.6 Å². The van der Waals surface area contributed by atoms with E-state index in [9.17, 15) is 9.18 Å². The molecule has 0 radical (unpaired) electrons. The van der Waals surface area contributed by atoms with E-state index in [1.54, 1.807) is 17.0 Å². The number of aromatic nitrogens is 2. The number of carbonyl (C=O) groups excluding carboxylic acids is 1. The van der Waals surface area contributed by atoms with Gasteiger partial charge in [0.15, 0.2) is 0 Å². The Bertz CT molecular complexity index is 918. The molecule has 7 heteroatoms. The van der Waals surface area contributed by atoms with Crippen molar-refractivity contribution in [3.63, 3.8) is 0 Å². The maximum absolute atomic E-state index is 13.5. The molecule has 4 rings (SSSR count). The first-order chi connectivity index (χ1) is 12.2. The predicted molar refractivity (Wildman–Crippen MR) is 92.9 cm³/mol. The van der Waals surface area contributed by atoms with Gasteiger partial charge in [-0.1, -0.05) is 12.1 Å². The summed E-state index contributed by atoms with van der Waals surface area (Å²) in [7, 11) is 0. The molecule has 2 heterocycles. The standard InChI is InChI=1S/C18H17FN4O2/c19-13-3-1-2-12(10-13)17-15-11-14(4-5-16(15)21-22-17)20-18(24)23-6-8-25-9-7-23/h1-5,10-11H,6-9H2,(H,20,24)(H,21,22). The van der Waals surface area contributed by atoms with E-state index in [0.717, 1.165) is 10.9 Å². The fourth-order valence-electron chi connectivity index (χ4n) is 2.92. The van der Waals surface area contributed by atoms with Crippen LogP contribution in [0.3, 0.4) is 0 Å². The zero-order valence-corrected chi connectivity index (χ0v) is 13.5. The molecule has 0 aliphatic carbocycles. The lowest BCUT2D eigenvalue weighted by molar-refractivity contribution is 0.0564. The number of morpholine rings is 1. The number of aromatic amines is 1. The number of hydrogen-bond acceptors (Lipinski definition) is 3. The van der Waals surface area contributed by atoms with Crippen LogP contribution in [0, 0.1) is 5.82 Å². The molecule has 0 atom stereocenters. The zero-order valence-electron chi connectivity index (χ0n) is 13.5. The number of hydrogen-bond donors (Lipinski definition) is 2.